The average molecular weight is 419 g/mol. The van der Waals surface area contributed by atoms with Crippen molar-refractivity contribution in [3.05, 3.63) is 0 Å². The topological polar surface area (TPSA) is 26.3 Å². The van der Waals surface area contributed by atoms with Crippen LogP contribution in [-0.2, 0) is 9.53 Å². The van der Waals surface area contributed by atoms with Crippen LogP contribution in [0.3, 0.4) is 0 Å². The second-order valence-electron chi connectivity index (χ2n) is 11.0. The van der Waals surface area contributed by atoms with Gasteiger partial charge >= 0.3 is 5.97 Å². The Balaban J connectivity index is 1.36. The zero-order valence-corrected chi connectivity index (χ0v) is 20.2. The Hall–Kier alpha value is -0.530. The molecule has 3 rings (SSSR count). The lowest BCUT2D eigenvalue weighted by Crippen LogP contribution is -2.43. The molecule has 0 bridgehead atoms. The van der Waals surface area contributed by atoms with Crippen molar-refractivity contribution in [2.75, 3.05) is 0 Å². The first-order valence-electron chi connectivity index (χ1n) is 13.9. The van der Waals surface area contributed by atoms with E-state index >= 15 is 0 Å². The van der Waals surface area contributed by atoms with E-state index in [4.69, 9.17) is 4.74 Å². The quantitative estimate of drug-likeness (QED) is 0.235. The number of hydrogen-bond acceptors (Lipinski definition) is 2. The molecule has 0 aromatic carbocycles. The highest BCUT2D eigenvalue weighted by Gasteiger charge is 2.44. The zero-order chi connectivity index (χ0) is 21.2. The van der Waals surface area contributed by atoms with Crippen LogP contribution in [0.15, 0.2) is 0 Å². The lowest BCUT2D eigenvalue weighted by Gasteiger charge is -2.50. The molecule has 0 amide bonds. The van der Waals surface area contributed by atoms with Crippen LogP contribution in [0.4, 0.5) is 0 Å². The molecule has 174 valence electrons. The lowest BCUT2D eigenvalue weighted by atomic mass is 9.56. The van der Waals surface area contributed by atoms with Crippen molar-refractivity contribution in [3.63, 3.8) is 0 Å². The summed E-state index contributed by atoms with van der Waals surface area (Å²) in [5, 5.41) is 0. The van der Waals surface area contributed by atoms with Crippen LogP contribution in [0.25, 0.3) is 0 Å². The third kappa shape index (κ3) is 7.27. The van der Waals surface area contributed by atoms with E-state index in [9.17, 15) is 4.79 Å². The van der Waals surface area contributed by atoms with Gasteiger partial charge in [0, 0.05) is 6.42 Å². The highest BCUT2D eigenvalue weighted by molar-refractivity contribution is 5.69. The second kappa shape index (κ2) is 13.1. The highest BCUT2D eigenvalue weighted by Crippen LogP contribution is 2.53. The molecule has 0 spiro atoms. The molecule has 0 N–H and O–H groups in total. The SMILES string of the molecule is CCCCCCCC(=O)O[C@H]1CCC2C(CCC3C[C@@H](CCCCCC)CCC32)C1. The molecule has 3 aliphatic carbocycles. The minimum Gasteiger partial charge on any atom is -0.462 e. The van der Waals surface area contributed by atoms with Crippen molar-refractivity contribution in [1.82, 2.24) is 0 Å². The minimum atomic E-state index is 0.0761. The van der Waals surface area contributed by atoms with E-state index in [0.717, 1.165) is 48.9 Å². The van der Waals surface area contributed by atoms with E-state index in [1.165, 1.54) is 96.3 Å². The van der Waals surface area contributed by atoms with Crippen molar-refractivity contribution in [2.45, 2.75) is 142 Å². The summed E-state index contributed by atoms with van der Waals surface area (Å²) in [7, 11) is 0. The number of fused-ring (bicyclic) bond motifs is 3. The fourth-order valence-corrected chi connectivity index (χ4v) is 7.20. The van der Waals surface area contributed by atoms with Gasteiger partial charge in [0.05, 0.1) is 0 Å². The molecule has 30 heavy (non-hydrogen) atoms. The van der Waals surface area contributed by atoms with Crippen molar-refractivity contribution >= 4 is 5.97 Å². The Kier molecular flexibility index (Phi) is 10.5. The smallest absolute Gasteiger partial charge is 0.306 e. The van der Waals surface area contributed by atoms with Gasteiger partial charge in [-0.2, -0.15) is 0 Å². The van der Waals surface area contributed by atoms with E-state index in [1.807, 2.05) is 0 Å². The van der Waals surface area contributed by atoms with E-state index in [1.54, 1.807) is 0 Å². The largest absolute Gasteiger partial charge is 0.462 e. The molecule has 0 aliphatic heterocycles. The Morgan fingerprint density at radius 3 is 2.07 bits per heavy atom. The van der Waals surface area contributed by atoms with Crippen LogP contribution in [0.1, 0.15) is 136 Å². The van der Waals surface area contributed by atoms with Gasteiger partial charge in [0.2, 0.25) is 0 Å². The van der Waals surface area contributed by atoms with Crippen LogP contribution in [-0.4, -0.2) is 12.1 Å². The molecule has 2 nitrogen and oxygen atoms in total. The third-order valence-corrected chi connectivity index (χ3v) is 8.85. The van der Waals surface area contributed by atoms with Crippen LogP contribution < -0.4 is 0 Å². The molecule has 4 unspecified atom stereocenters. The van der Waals surface area contributed by atoms with Gasteiger partial charge in [-0.3, -0.25) is 4.79 Å². The first-order chi connectivity index (χ1) is 14.7. The number of carbonyl (C=O) groups excluding carboxylic acids is 1. The van der Waals surface area contributed by atoms with E-state index in [-0.39, 0.29) is 12.1 Å². The number of ether oxygens (including phenoxy) is 1. The van der Waals surface area contributed by atoms with Crippen LogP contribution in [0.2, 0.25) is 0 Å². The first kappa shape index (κ1) is 24.1. The Morgan fingerprint density at radius 2 is 1.33 bits per heavy atom. The van der Waals surface area contributed by atoms with Gasteiger partial charge in [-0.1, -0.05) is 78.1 Å². The number of rotatable bonds is 12. The lowest BCUT2D eigenvalue weighted by molar-refractivity contribution is -0.153. The maximum absolute atomic E-state index is 12.3. The number of hydrogen-bond donors (Lipinski definition) is 0. The van der Waals surface area contributed by atoms with Crippen molar-refractivity contribution in [2.24, 2.45) is 29.6 Å². The van der Waals surface area contributed by atoms with E-state index < -0.39 is 0 Å². The summed E-state index contributed by atoms with van der Waals surface area (Å²) in [5.74, 6) is 4.88. The summed E-state index contributed by atoms with van der Waals surface area (Å²) < 4.78 is 5.93. The van der Waals surface area contributed by atoms with E-state index in [0.29, 0.717) is 6.42 Å². The van der Waals surface area contributed by atoms with Gasteiger partial charge in [-0.25, -0.2) is 0 Å². The second-order valence-corrected chi connectivity index (χ2v) is 11.0. The van der Waals surface area contributed by atoms with Crippen LogP contribution in [0, 0.1) is 29.6 Å². The maximum atomic E-state index is 12.3. The first-order valence-corrected chi connectivity index (χ1v) is 13.9. The molecule has 3 fully saturated rings. The summed E-state index contributed by atoms with van der Waals surface area (Å²) in [6.45, 7) is 4.55. The normalized spacial score (nSPS) is 33.5. The number of carbonyl (C=O) groups is 1. The Morgan fingerprint density at radius 1 is 0.700 bits per heavy atom. The van der Waals surface area contributed by atoms with Gasteiger partial charge in [-0.05, 0) is 81.0 Å². The van der Waals surface area contributed by atoms with Gasteiger partial charge in [0.15, 0.2) is 0 Å². The van der Waals surface area contributed by atoms with E-state index in [2.05, 4.69) is 13.8 Å². The molecule has 0 heterocycles. The molecule has 0 radical (unpaired) electrons. The monoisotopic (exact) mass is 418 g/mol. The third-order valence-electron chi connectivity index (χ3n) is 8.85. The maximum Gasteiger partial charge on any atom is 0.306 e. The number of esters is 1. The van der Waals surface area contributed by atoms with Gasteiger partial charge in [0.25, 0.3) is 0 Å². The molecule has 0 saturated heterocycles. The van der Waals surface area contributed by atoms with Gasteiger partial charge in [0.1, 0.15) is 6.10 Å². The Labute approximate surface area is 187 Å². The Bertz CT molecular complexity index is 487. The summed E-state index contributed by atoms with van der Waals surface area (Å²) >= 11 is 0. The molecule has 3 aliphatic rings. The van der Waals surface area contributed by atoms with Crippen LogP contribution in [0.5, 0.6) is 0 Å². The fraction of sp³-hybridized carbons (Fsp3) is 0.964. The standard InChI is InChI=1S/C28H50O2/c1-3-5-7-9-11-13-28(29)30-25-17-19-27-24(21-25)16-15-23-20-22(14-18-26(23)27)12-10-8-6-4-2/h22-27H,3-21H2,1-2H3/t22-,23?,24?,25-,26?,27?/m0/s1. The molecular weight excluding hydrogens is 368 g/mol. The minimum absolute atomic E-state index is 0.0761. The van der Waals surface area contributed by atoms with Gasteiger partial charge < -0.3 is 4.74 Å². The molecule has 3 saturated carbocycles. The predicted molar refractivity (Wildman–Crippen MR) is 126 cm³/mol. The average Bonchev–Trinajstić information content (AvgIpc) is 2.76. The van der Waals surface area contributed by atoms with Crippen molar-refractivity contribution < 1.29 is 9.53 Å². The molecule has 2 heteroatoms. The summed E-state index contributed by atoms with van der Waals surface area (Å²) in [6.07, 6.45) is 25.0. The summed E-state index contributed by atoms with van der Waals surface area (Å²) in [6, 6.07) is 0. The molecule has 0 aromatic heterocycles. The molecular formula is C28H50O2. The predicted octanol–water partition coefficient (Wildman–Crippen LogP) is 8.47. The number of unbranched alkanes of at least 4 members (excludes halogenated alkanes) is 7. The molecule has 6 atom stereocenters. The fourth-order valence-electron chi connectivity index (χ4n) is 7.20. The van der Waals surface area contributed by atoms with Crippen LogP contribution >= 0.6 is 0 Å². The zero-order valence-electron chi connectivity index (χ0n) is 20.2. The van der Waals surface area contributed by atoms with Crippen molar-refractivity contribution in [3.8, 4) is 0 Å². The summed E-state index contributed by atoms with van der Waals surface area (Å²) in [4.78, 5) is 12.3. The molecule has 0 aromatic rings. The summed E-state index contributed by atoms with van der Waals surface area (Å²) in [5.41, 5.74) is 0. The van der Waals surface area contributed by atoms with Crippen molar-refractivity contribution in [1.29, 1.82) is 0 Å². The van der Waals surface area contributed by atoms with Gasteiger partial charge in [-0.15, -0.1) is 0 Å². The highest BCUT2D eigenvalue weighted by atomic mass is 16.5.